The first-order valence-electron chi connectivity index (χ1n) is 7.62. The van der Waals surface area contributed by atoms with E-state index in [2.05, 4.69) is 10.6 Å². The third kappa shape index (κ3) is 3.48. The summed E-state index contributed by atoms with van der Waals surface area (Å²) in [6.07, 6.45) is 8.91. The summed E-state index contributed by atoms with van der Waals surface area (Å²) in [4.78, 5) is 24.5. The van der Waals surface area contributed by atoms with Crippen molar-refractivity contribution in [2.75, 3.05) is 0 Å². The molecule has 0 aromatic heterocycles. The van der Waals surface area contributed by atoms with Crippen LogP contribution in [-0.2, 0) is 9.59 Å². The van der Waals surface area contributed by atoms with E-state index >= 15 is 0 Å². The monoisotopic (exact) mass is 266 g/mol. The third-order valence-electron chi connectivity index (χ3n) is 4.52. The highest BCUT2D eigenvalue weighted by atomic mass is 16.2. The molecule has 0 aromatic rings. The number of nitrogens with one attached hydrogen (secondary N) is 2. The van der Waals surface area contributed by atoms with E-state index in [0.717, 1.165) is 25.7 Å². The van der Waals surface area contributed by atoms with Crippen LogP contribution in [-0.4, -0.2) is 23.9 Å². The molecule has 2 aliphatic carbocycles. The maximum atomic E-state index is 12.3. The smallest absolute Gasteiger partial charge is 0.235 e. The number of carbonyl (C=O) groups is 2. The van der Waals surface area contributed by atoms with Crippen molar-refractivity contribution in [3.8, 4) is 0 Å². The molecule has 2 saturated carbocycles. The lowest BCUT2D eigenvalue weighted by atomic mass is 9.90. The normalized spacial score (nSPS) is 21.6. The number of hydrogen-bond acceptors (Lipinski definition) is 2. The number of hydrogen-bond donors (Lipinski definition) is 2. The predicted molar refractivity (Wildman–Crippen MR) is 74.6 cm³/mol. The highest BCUT2D eigenvalue weighted by molar-refractivity contribution is 6.04. The van der Waals surface area contributed by atoms with E-state index in [4.69, 9.17) is 0 Å². The van der Waals surface area contributed by atoms with Crippen LogP contribution in [0.2, 0.25) is 0 Å². The van der Waals surface area contributed by atoms with Crippen LogP contribution in [0.15, 0.2) is 0 Å². The van der Waals surface area contributed by atoms with Gasteiger partial charge >= 0.3 is 0 Å². The van der Waals surface area contributed by atoms with Crippen molar-refractivity contribution < 1.29 is 9.59 Å². The number of rotatable bonds is 4. The molecule has 0 saturated heterocycles. The molecule has 108 valence electrons. The Labute approximate surface area is 115 Å². The van der Waals surface area contributed by atoms with E-state index < -0.39 is 5.41 Å². The molecule has 0 spiro atoms. The summed E-state index contributed by atoms with van der Waals surface area (Å²) in [5, 5.41) is 6.05. The van der Waals surface area contributed by atoms with Gasteiger partial charge in [0.15, 0.2) is 0 Å². The molecular weight excluding hydrogens is 240 g/mol. The van der Waals surface area contributed by atoms with Crippen LogP contribution in [0.5, 0.6) is 0 Å². The second-order valence-corrected chi connectivity index (χ2v) is 6.53. The lowest BCUT2D eigenvalue weighted by Gasteiger charge is -2.26. The molecule has 2 N–H and O–H groups in total. The molecule has 4 nitrogen and oxygen atoms in total. The van der Waals surface area contributed by atoms with Crippen LogP contribution < -0.4 is 10.6 Å². The van der Waals surface area contributed by atoms with Crippen molar-refractivity contribution in [3.05, 3.63) is 0 Å². The van der Waals surface area contributed by atoms with Gasteiger partial charge in [0.1, 0.15) is 5.41 Å². The predicted octanol–water partition coefficient (Wildman–Crippen LogP) is 2.13. The van der Waals surface area contributed by atoms with Gasteiger partial charge in [-0.1, -0.05) is 25.7 Å². The molecule has 0 aliphatic heterocycles. The van der Waals surface area contributed by atoms with Crippen molar-refractivity contribution in [2.45, 2.75) is 77.3 Å². The second-order valence-electron chi connectivity index (χ2n) is 6.53. The molecule has 2 fully saturated rings. The van der Waals surface area contributed by atoms with Gasteiger partial charge < -0.3 is 10.6 Å². The average molecular weight is 266 g/mol. The summed E-state index contributed by atoms with van der Waals surface area (Å²) < 4.78 is 0. The molecule has 0 aromatic carbocycles. The minimum absolute atomic E-state index is 0.130. The zero-order valence-corrected chi connectivity index (χ0v) is 12.1. The van der Waals surface area contributed by atoms with E-state index in [9.17, 15) is 9.59 Å². The molecule has 2 amide bonds. The lowest BCUT2D eigenvalue weighted by Crippen LogP contribution is -2.51. The zero-order valence-electron chi connectivity index (χ0n) is 12.1. The molecule has 0 radical (unpaired) electrons. The van der Waals surface area contributed by atoms with Gasteiger partial charge in [0, 0.05) is 12.1 Å². The highest BCUT2D eigenvalue weighted by Gasteiger charge is 2.38. The van der Waals surface area contributed by atoms with E-state index in [1.807, 2.05) is 0 Å². The molecule has 0 atom stereocenters. The van der Waals surface area contributed by atoms with Crippen LogP contribution in [0, 0.1) is 5.41 Å². The van der Waals surface area contributed by atoms with E-state index in [0.29, 0.717) is 0 Å². The van der Waals surface area contributed by atoms with E-state index in [1.54, 1.807) is 13.8 Å². The second kappa shape index (κ2) is 5.93. The zero-order chi connectivity index (χ0) is 13.9. The Bertz CT molecular complexity index is 308. The van der Waals surface area contributed by atoms with E-state index in [1.165, 1.54) is 25.7 Å². The fraction of sp³-hybridized carbons (Fsp3) is 0.867. The first kappa shape index (κ1) is 14.4. The summed E-state index contributed by atoms with van der Waals surface area (Å²) in [7, 11) is 0. The van der Waals surface area contributed by atoms with Gasteiger partial charge in [-0.25, -0.2) is 0 Å². The van der Waals surface area contributed by atoms with Crippen LogP contribution in [0.1, 0.15) is 65.2 Å². The fourth-order valence-corrected chi connectivity index (χ4v) is 2.98. The van der Waals surface area contributed by atoms with Gasteiger partial charge in [0.25, 0.3) is 0 Å². The molecular formula is C15H26N2O2. The van der Waals surface area contributed by atoms with Crippen LogP contribution in [0.4, 0.5) is 0 Å². The van der Waals surface area contributed by atoms with Crippen molar-refractivity contribution in [1.82, 2.24) is 10.6 Å². The Balaban J connectivity index is 1.87. The first-order chi connectivity index (χ1) is 9.00. The largest absolute Gasteiger partial charge is 0.352 e. The summed E-state index contributed by atoms with van der Waals surface area (Å²) in [5.41, 5.74) is -0.967. The Morgan fingerprint density at radius 1 is 0.789 bits per heavy atom. The van der Waals surface area contributed by atoms with Gasteiger partial charge in [0.05, 0.1) is 0 Å². The number of carbonyl (C=O) groups excluding carboxylic acids is 2. The van der Waals surface area contributed by atoms with Gasteiger partial charge in [0.2, 0.25) is 11.8 Å². The molecule has 0 heterocycles. The summed E-state index contributed by atoms with van der Waals surface area (Å²) in [6.45, 7) is 3.45. The van der Waals surface area contributed by atoms with E-state index in [-0.39, 0.29) is 23.9 Å². The maximum Gasteiger partial charge on any atom is 0.235 e. The fourth-order valence-electron chi connectivity index (χ4n) is 2.98. The molecule has 4 heteroatoms. The Hall–Kier alpha value is -1.06. The summed E-state index contributed by atoms with van der Waals surface area (Å²) >= 11 is 0. The summed E-state index contributed by atoms with van der Waals surface area (Å²) in [6, 6.07) is 0.539. The summed E-state index contributed by atoms with van der Waals surface area (Å²) in [5.74, 6) is -0.259. The first-order valence-corrected chi connectivity index (χ1v) is 7.62. The van der Waals surface area contributed by atoms with Gasteiger partial charge in [-0.15, -0.1) is 0 Å². The van der Waals surface area contributed by atoms with Gasteiger partial charge in [-0.2, -0.15) is 0 Å². The standard InChI is InChI=1S/C15H26N2O2/c1-15(2,13(18)16-11-7-3-4-8-11)14(19)17-12-9-5-6-10-12/h11-12H,3-10H2,1-2H3,(H,16,18)(H,17,19). The molecule has 19 heavy (non-hydrogen) atoms. The van der Waals surface area contributed by atoms with Crippen molar-refractivity contribution in [1.29, 1.82) is 0 Å². The molecule has 0 unspecified atom stereocenters. The maximum absolute atomic E-state index is 12.3. The molecule has 2 rings (SSSR count). The minimum Gasteiger partial charge on any atom is -0.352 e. The number of amides is 2. The minimum atomic E-state index is -0.967. The highest BCUT2D eigenvalue weighted by Crippen LogP contribution is 2.23. The quantitative estimate of drug-likeness (QED) is 0.766. The average Bonchev–Trinajstić information content (AvgIpc) is 3.01. The van der Waals surface area contributed by atoms with Gasteiger partial charge in [-0.05, 0) is 39.5 Å². The Morgan fingerprint density at radius 3 is 1.42 bits per heavy atom. The Morgan fingerprint density at radius 2 is 1.11 bits per heavy atom. The molecule has 0 bridgehead atoms. The third-order valence-corrected chi connectivity index (χ3v) is 4.52. The van der Waals surface area contributed by atoms with Crippen molar-refractivity contribution >= 4 is 11.8 Å². The SMILES string of the molecule is CC(C)(C(=O)NC1CCCC1)C(=O)NC1CCCC1. The van der Waals surface area contributed by atoms with Crippen molar-refractivity contribution in [2.24, 2.45) is 5.41 Å². The topological polar surface area (TPSA) is 58.2 Å². The Kier molecular flexibility index (Phi) is 4.48. The van der Waals surface area contributed by atoms with Crippen LogP contribution in [0.25, 0.3) is 0 Å². The lowest BCUT2D eigenvalue weighted by molar-refractivity contribution is -0.142. The van der Waals surface area contributed by atoms with Gasteiger partial charge in [-0.3, -0.25) is 9.59 Å². The van der Waals surface area contributed by atoms with Crippen molar-refractivity contribution in [3.63, 3.8) is 0 Å². The van der Waals surface area contributed by atoms with Crippen LogP contribution in [0.3, 0.4) is 0 Å². The molecule has 2 aliphatic rings. The van der Waals surface area contributed by atoms with Crippen LogP contribution >= 0.6 is 0 Å².